The van der Waals surface area contributed by atoms with Crippen LogP contribution in [0.1, 0.15) is 30.4 Å². The third-order valence-corrected chi connectivity index (χ3v) is 4.09. The van der Waals surface area contributed by atoms with Crippen molar-refractivity contribution in [1.82, 2.24) is 10.2 Å². The molecule has 1 aromatic carbocycles. The van der Waals surface area contributed by atoms with Crippen LogP contribution in [0.4, 0.5) is 0 Å². The molecule has 0 aliphatic carbocycles. The molecule has 21 heavy (non-hydrogen) atoms. The van der Waals surface area contributed by atoms with Gasteiger partial charge in [0.25, 0.3) is 0 Å². The molecule has 1 amide bonds. The predicted octanol–water partition coefficient (Wildman–Crippen LogP) is 2.28. The summed E-state index contributed by atoms with van der Waals surface area (Å²) in [7, 11) is 1.96. The minimum Gasteiger partial charge on any atom is -0.493 e. The number of likely N-dealkylation sites (tertiary alicyclic amines) is 1. The number of nitrogens with zero attached hydrogens (tertiary/aromatic N) is 1. The van der Waals surface area contributed by atoms with E-state index in [1.54, 1.807) is 0 Å². The normalized spacial score (nSPS) is 18.6. The molecule has 1 heterocycles. The van der Waals surface area contributed by atoms with Crippen molar-refractivity contribution < 1.29 is 9.53 Å². The van der Waals surface area contributed by atoms with Crippen LogP contribution in [-0.2, 0) is 4.79 Å². The van der Waals surface area contributed by atoms with Crippen molar-refractivity contribution >= 4 is 5.91 Å². The van der Waals surface area contributed by atoms with Crippen molar-refractivity contribution in [3.8, 4) is 5.75 Å². The van der Waals surface area contributed by atoms with Crippen LogP contribution in [0.2, 0.25) is 0 Å². The molecule has 0 bridgehead atoms. The minimum absolute atomic E-state index is 0.194. The first-order chi connectivity index (χ1) is 10.1. The van der Waals surface area contributed by atoms with Crippen molar-refractivity contribution in [1.29, 1.82) is 0 Å². The molecule has 1 atom stereocenters. The number of ether oxygens (including phenoxy) is 1. The molecule has 0 unspecified atom stereocenters. The highest BCUT2D eigenvalue weighted by atomic mass is 16.5. The van der Waals surface area contributed by atoms with E-state index in [4.69, 9.17) is 4.74 Å². The van der Waals surface area contributed by atoms with E-state index in [2.05, 4.69) is 18.3 Å². The molecule has 0 radical (unpaired) electrons. The third kappa shape index (κ3) is 4.46. The SMILES string of the molecule is CN[C@H]1CCCN(C(=O)CCOc2ccc(C)cc2C)C1. The lowest BCUT2D eigenvalue weighted by Gasteiger charge is -2.32. The van der Waals surface area contributed by atoms with Gasteiger partial charge in [0.15, 0.2) is 0 Å². The Morgan fingerprint density at radius 1 is 1.43 bits per heavy atom. The maximum Gasteiger partial charge on any atom is 0.226 e. The van der Waals surface area contributed by atoms with E-state index >= 15 is 0 Å². The van der Waals surface area contributed by atoms with Gasteiger partial charge in [0, 0.05) is 19.1 Å². The highest BCUT2D eigenvalue weighted by Gasteiger charge is 2.22. The Hall–Kier alpha value is -1.55. The largest absolute Gasteiger partial charge is 0.493 e. The number of hydrogen-bond donors (Lipinski definition) is 1. The second-order valence-electron chi connectivity index (χ2n) is 5.83. The maximum absolute atomic E-state index is 12.2. The summed E-state index contributed by atoms with van der Waals surface area (Å²) < 4.78 is 5.74. The molecular formula is C17H26N2O2. The van der Waals surface area contributed by atoms with Gasteiger partial charge >= 0.3 is 0 Å². The Morgan fingerprint density at radius 2 is 2.24 bits per heavy atom. The van der Waals surface area contributed by atoms with Crippen LogP contribution < -0.4 is 10.1 Å². The molecule has 0 spiro atoms. The van der Waals surface area contributed by atoms with Crippen LogP contribution in [0.5, 0.6) is 5.75 Å². The van der Waals surface area contributed by atoms with E-state index in [1.807, 2.05) is 31.0 Å². The molecule has 1 aliphatic rings. The number of hydrogen-bond acceptors (Lipinski definition) is 3. The second-order valence-corrected chi connectivity index (χ2v) is 5.83. The first-order valence-electron chi connectivity index (χ1n) is 7.75. The van der Waals surface area contributed by atoms with Gasteiger partial charge in [-0.15, -0.1) is 0 Å². The zero-order valence-electron chi connectivity index (χ0n) is 13.3. The van der Waals surface area contributed by atoms with E-state index in [1.165, 1.54) is 5.56 Å². The van der Waals surface area contributed by atoms with E-state index < -0.39 is 0 Å². The second kappa shape index (κ2) is 7.46. The molecule has 1 N–H and O–H groups in total. The van der Waals surface area contributed by atoms with Crippen molar-refractivity contribution in [3.63, 3.8) is 0 Å². The van der Waals surface area contributed by atoms with Gasteiger partial charge in [-0.2, -0.15) is 0 Å². The predicted molar refractivity (Wildman–Crippen MR) is 84.7 cm³/mol. The number of aryl methyl sites for hydroxylation is 2. The molecule has 1 aliphatic heterocycles. The molecular weight excluding hydrogens is 264 g/mol. The quantitative estimate of drug-likeness (QED) is 0.904. The lowest BCUT2D eigenvalue weighted by Crippen LogP contribution is -2.47. The van der Waals surface area contributed by atoms with Crippen LogP contribution in [0, 0.1) is 13.8 Å². The van der Waals surface area contributed by atoms with Crippen LogP contribution in [-0.4, -0.2) is 43.6 Å². The number of rotatable bonds is 5. The number of nitrogens with one attached hydrogen (secondary N) is 1. The van der Waals surface area contributed by atoms with Gasteiger partial charge in [0.2, 0.25) is 5.91 Å². The summed E-state index contributed by atoms with van der Waals surface area (Å²) in [6.07, 6.45) is 2.68. The standard InChI is InChI=1S/C17H26N2O2/c1-13-6-7-16(14(2)11-13)21-10-8-17(20)19-9-4-5-15(12-19)18-3/h6-7,11,15,18H,4-5,8-10,12H2,1-3H3/t15-/m0/s1. The molecule has 0 aromatic heterocycles. The Labute approximate surface area is 127 Å². The van der Waals surface area contributed by atoms with Gasteiger partial charge in [0.1, 0.15) is 5.75 Å². The van der Waals surface area contributed by atoms with Crippen molar-refractivity contribution in [3.05, 3.63) is 29.3 Å². The lowest BCUT2D eigenvalue weighted by molar-refractivity contribution is -0.133. The summed E-state index contributed by atoms with van der Waals surface area (Å²) in [5.74, 6) is 1.07. The number of likely N-dealkylation sites (N-methyl/N-ethyl adjacent to an activating group) is 1. The average Bonchev–Trinajstić information content (AvgIpc) is 2.49. The Balaban J connectivity index is 1.78. The van der Waals surface area contributed by atoms with Crippen LogP contribution in [0.25, 0.3) is 0 Å². The fourth-order valence-electron chi connectivity index (χ4n) is 2.81. The first-order valence-corrected chi connectivity index (χ1v) is 7.75. The van der Waals surface area contributed by atoms with Crippen molar-refractivity contribution in [2.75, 3.05) is 26.7 Å². The highest BCUT2D eigenvalue weighted by molar-refractivity contribution is 5.76. The van der Waals surface area contributed by atoms with E-state index in [0.29, 0.717) is 19.1 Å². The first kappa shape index (κ1) is 15.8. The molecule has 1 fully saturated rings. The molecule has 4 nitrogen and oxygen atoms in total. The number of benzene rings is 1. The number of amides is 1. The van der Waals surface area contributed by atoms with E-state index in [0.717, 1.165) is 37.2 Å². The van der Waals surface area contributed by atoms with Crippen LogP contribution in [0.15, 0.2) is 18.2 Å². The monoisotopic (exact) mass is 290 g/mol. The Kier molecular flexibility index (Phi) is 5.62. The topological polar surface area (TPSA) is 41.6 Å². The van der Waals surface area contributed by atoms with E-state index in [-0.39, 0.29) is 5.91 Å². The van der Waals surface area contributed by atoms with Gasteiger partial charge in [-0.1, -0.05) is 17.7 Å². The average molecular weight is 290 g/mol. The number of carbonyl (C=O) groups excluding carboxylic acids is 1. The molecule has 0 saturated carbocycles. The summed E-state index contributed by atoms with van der Waals surface area (Å²) in [6.45, 7) is 6.24. The van der Waals surface area contributed by atoms with Crippen LogP contribution in [0.3, 0.4) is 0 Å². The number of piperidine rings is 1. The Morgan fingerprint density at radius 3 is 2.95 bits per heavy atom. The molecule has 2 rings (SSSR count). The Bertz CT molecular complexity index is 488. The van der Waals surface area contributed by atoms with Crippen molar-refractivity contribution in [2.45, 2.75) is 39.2 Å². The summed E-state index contributed by atoms with van der Waals surface area (Å²) >= 11 is 0. The maximum atomic E-state index is 12.2. The smallest absolute Gasteiger partial charge is 0.226 e. The van der Waals surface area contributed by atoms with E-state index in [9.17, 15) is 4.79 Å². The van der Waals surface area contributed by atoms with Gasteiger partial charge < -0.3 is 15.0 Å². The van der Waals surface area contributed by atoms with Crippen molar-refractivity contribution in [2.24, 2.45) is 0 Å². The molecule has 1 aromatic rings. The summed E-state index contributed by atoms with van der Waals surface area (Å²) in [4.78, 5) is 14.2. The summed E-state index contributed by atoms with van der Waals surface area (Å²) in [5, 5.41) is 3.26. The van der Waals surface area contributed by atoms with Crippen LogP contribution >= 0.6 is 0 Å². The van der Waals surface area contributed by atoms with Gasteiger partial charge in [-0.25, -0.2) is 0 Å². The zero-order chi connectivity index (χ0) is 15.2. The van der Waals surface area contributed by atoms with Gasteiger partial charge in [-0.05, 0) is 45.4 Å². The zero-order valence-corrected chi connectivity index (χ0v) is 13.3. The fourth-order valence-corrected chi connectivity index (χ4v) is 2.81. The minimum atomic E-state index is 0.194. The summed E-state index contributed by atoms with van der Waals surface area (Å²) in [6, 6.07) is 6.54. The van der Waals surface area contributed by atoms with Gasteiger partial charge in [0.05, 0.1) is 13.0 Å². The van der Waals surface area contributed by atoms with Gasteiger partial charge in [-0.3, -0.25) is 4.79 Å². The fraction of sp³-hybridized carbons (Fsp3) is 0.588. The highest BCUT2D eigenvalue weighted by Crippen LogP contribution is 2.19. The molecule has 4 heteroatoms. The molecule has 1 saturated heterocycles. The molecule has 116 valence electrons. The number of carbonyl (C=O) groups is 1. The summed E-state index contributed by atoms with van der Waals surface area (Å²) in [5.41, 5.74) is 2.35. The third-order valence-electron chi connectivity index (χ3n) is 4.09. The lowest BCUT2D eigenvalue weighted by atomic mass is 10.1.